The van der Waals surface area contributed by atoms with Crippen LogP contribution in [0.1, 0.15) is 48.3 Å². The molecule has 0 unspecified atom stereocenters. The van der Waals surface area contributed by atoms with Crippen molar-refractivity contribution in [2.75, 3.05) is 11.9 Å². The number of halogens is 2. The summed E-state index contributed by atoms with van der Waals surface area (Å²) in [4.78, 5) is 47.0. The smallest absolute Gasteiger partial charge is 0.256 e. The summed E-state index contributed by atoms with van der Waals surface area (Å²) in [6.45, 7) is 2.67. The van der Waals surface area contributed by atoms with E-state index in [1.807, 2.05) is 6.07 Å². The Morgan fingerprint density at radius 1 is 1.40 bits per heavy atom. The van der Waals surface area contributed by atoms with Crippen molar-refractivity contribution in [1.82, 2.24) is 14.8 Å². The summed E-state index contributed by atoms with van der Waals surface area (Å²) in [5, 5.41) is 13.0. The summed E-state index contributed by atoms with van der Waals surface area (Å²) in [6.07, 6.45) is 1.26. The number of anilines is 1. The molecule has 8 nitrogen and oxygen atoms in total. The van der Waals surface area contributed by atoms with Gasteiger partial charge in [0.2, 0.25) is 11.8 Å². The number of aromatic nitrogens is 1. The first-order valence-corrected chi connectivity index (χ1v) is 11.7. The summed E-state index contributed by atoms with van der Waals surface area (Å²) < 4.78 is 14.9. The normalized spacial score (nSPS) is 23.8. The Balaban J connectivity index is 1.50. The number of alkyl halides is 1. The molecule has 35 heavy (non-hydrogen) atoms. The summed E-state index contributed by atoms with van der Waals surface area (Å²) in [5.41, 5.74) is -0.754. The maximum absolute atomic E-state index is 14.9. The minimum absolute atomic E-state index is 0.0251. The minimum atomic E-state index is -1.78. The number of carbonyl (C=O) groups is 3. The maximum Gasteiger partial charge on any atom is 0.256 e. The first-order chi connectivity index (χ1) is 16.5. The van der Waals surface area contributed by atoms with Crippen molar-refractivity contribution >= 4 is 35.0 Å². The Kier molecular flexibility index (Phi) is 5.33. The predicted octanol–water partition coefficient (Wildman–Crippen LogP) is 3.21. The zero-order chi connectivity index (χ0) is 25.1. The molecule has 1 aromatic heterocycles. The Hall–Kier alpha value is -3.51. The van der Waals surface area contributed by atoms with Crippen LogP contribution in [-0.4, -0.2) is 56.8 Å². The van der Waals surface area contributed by atoms with Crippen molar-refractivity contribution in [1.29, 1.82) is 5.26 Å². The first-order valence-electron chi connectivity index (χ1n) is 11.3. The lowest BCUT2D eigenvalue weighted by Crippen LogP contribution is -2.52. The standard InChI is InChI=1S/C25H23ClFN5O3/c1-24(2,27)9-20(31-12-19-16(21(31)33)7-14(26)11-29-19)22(34)32-13-25(8-15(32)10-28)17-5-3-4-6-18(17)30-23(25)35/h3-7,11,15,20H,8-9,12-13H2,1-2H3,(H,30,35)/t15-,20-,25-/m0/s1. The van der Waals surface area contributed by atoms with Gasteiger partial charge in [-0.05, 0) is 31.5 Å². The summed E-state index contributed by atoms with van der Waals surface area (Å²) in [7, 11) is 0. The largest absolute Gasteiger partial charge is 0.325 e. The monoisotopic (exact) mass is 495 g/mol. The molecule has 10 heteroatoms. The highest BCUT2D eigenvalue weighted by Gasteiger charge is 2.57. The third-order valence-electron chi connectivity index (χ3n) is 7.00. The first kappa shape index (κ1) is 23.2. The van der Waals surface area contributed by atoms with E-state index in [1.54, 1.807) is 18.2 Å². The number of rotatable bonds is 4. The predicted molar refractivity (Wildman–Crippen MR) is 125 cm³/mol. The highest BCUT2D eigenvalue weighted by molar-refractivity contribution is 6.30. The van der Waals surface area contributed by atoms with E-state index in [-0.39, 0.29) is 42.4 Å². The lowest BCUT2D eigenvalue weighted by molar-refractivity contribution is -0.138. The molecular formula is C25H23ClFN5O3. The number of hydrogen-bond acceptors (Lipinski definition) is 5. The van der Waals surface area contributed by atoms with Crippen molar-refractivity contribution < 1.29 is 18.8 Å². The van der Waals surface area contributed by atoms with Crippen LogP contribution in [0, 0.1) is 11.3 Å². The van der Waals surface area contributed by atoms with E-state index in [1.165, 1.54) is 35.9 Å². The number of fused-ring (bicyclic) bond motifs is 3. The molecule has 0 radical (unpaired) electrons. The van der Waals surface area contributed by atoms with Crippen LogP contribution in [0.25, 0.3) is 0 Å². The van der Waals surface area contributed by atoms with Crippen LogP contribution in [0.2, 0.25) is 5.02 Å². The number of likely N-dealkylation sites (tertiary alicyclic amines) is 1. The van der Waals surface area contributed by atoms with Gasteiger partial charge < -0.3 is 15.1 Å². The quantitative estimate of drug-likeness (QED) is 0.701. The summed E-state index contributed by atoms with van der Waals surface area (Å²) in [6, 6.07) is 8.73. The van der Waals surface area contributed by atoms with Gasteiger partial charge in [-0.25, -0.2) is 4.39 Å². The van der Waals surface area contributed by atoms with Crippen LogP contribution in [0.4, 0.5) is 10.1 Å². The molecule has 180 valence electrons. The minimum Gasteiger partial charge on any atom is -0.325 e. The van der Waals surface area contributed by atoms with Crippen LogP contribution in [-0.2, 0) is 21.5 Å². The van der Waals surface area contributed by atoms with E-state index in [9.17, 15) is 24.0 Å². The zero-order valence-electron chi connectivity index (χ0n) is 19.2. The van der Waals surface area contributed by atoms with Crippen molar-refractivity contribution in [3.63, 3.8) is 0 Å². The Morgan fingerprint density at radius 3 is 2.86 bits per heavy atom. The van der Waals surface area contributed by atoms with E-state index in [2.05, 4.69) is 16.4 Å². The van der Waals surface area contributed by atoms with Crippen LogP contribution in [0.5, 0.6) is 0 Å². The molecule has 0 saturated carbocycles. The fourth-order valence-corrected chi connectivity index (χ4v) is 5.54. The second kappa shape index (κ2) is 8.02. The van der Waals surface area contributed by atoms with E-state index in [0.29, 0.717) is 11.4 Å². The number of pyridine rings is 1. The molecule has 3 aliphatic heterocycles. The fourth-order valence-electron chi connectivity index (χ4n) is 5.39. The van der Waals surface area contributed by atoms with Crippen molar-refractivity contribution in [3.05, 3.63) is 58.4 Å². The molecule has 1 spiro atoms. The van der Waals surface area contributed by atoms with Gasteiger partial charge in [0.15, 0.2) is 0 Å². The van der Waals surface area contributed by atoms with Gasteiger partial charge in [-0.1, -0.05) is 29.8 Å². The number of para-hydroxylation sites is 1. The molecule has 4 heterocycles. The average molecular weight is 496 g/mol. The second-order valence-electron chi connectivity index (χ2n) is 9.92. The zero-order valence-corrected chi connectivity index (χ0v) is 20.0. The second-order valence-corrected chi connectivity index (χ2v) is 10.4. The SMILES string of the molecule is CC(C)(F)C[C@@H](C(=O)N1C[C@]2(C[C@H]1C#N)C(=O)Nc1ccccc12)N1Cc2ncc(Cl)cc2C1=O. The number of hydrogen-bond donors (Lipinski definition) is 1. The number of amides is 3. The molecule has 3 atom stereocenters. The molecule has 1 N–H and O–H groups in total. The van der Waals surface area contributed by atoms with E-state index >= 15 is 0 Å². The molecule has 1 fully saturated rings. The van der Waals surface area contributed by atoms with Gasteiger partial charge in [-0.3, -0.25) is 19.4 Å². The van der Waals surface area contributed by atoms with Crippen molar-refractivity contribution in [2.45, 2.75) is 56.4 Å². The topological polar surface area (TPSA) is 106 Å². The molecule has 2 aromatic rings. The van der Waals surface area contributed by atoms with Gasteiger partial charge in [0.25, 0.3) is 5.91 Å². The lowest BCUT2D eigenvalue weighted by atomic mass is 9.80. The van der Waals surface area contributed by atoms with E-state index in [4.69, 9.17) is 11.6 Å². The number of nitrogens with zero attached hydrogens (tertiary/aromatic N) is 4. The third-order valence-corrected chi connectivity index (χ3v) is 7.21. The highest BCUT2D eigenvalue weighted by atomic mass is 35.5. The van der Waals surface area contributed by atoms with Gasteiger partial charge in [0.1, 0.15) is 17.8 Å². The molecule has 3 aliphatic rings. The van der Waals surface area contributed by atoms with E-state index in [0.717, 1.165) is 5.56 Å². The third kappa shape index (κ3) is 3.73. The van der Waals surface area contributed by atoms with Gasteiger partial charge in [0, 0.05) is 31.3 Å². The molecule has 5 rings (SSSR count). The van der Waals surface area contributed by atoms with Gasteiger partial charge in [0.05, 0.1) is 34.3 Å². The molecule has 0 bridgehead atoms. The maximum atomic E-state index is 14.9. The number of nitrogens with one attached hydrogen (secondary N) is 1. The number of benzene rings is 1. The van der Waals surface area contributed by atoms with Gasteiger partial charge in [-0.2, -0.15) is 5.26 Å². The van der Waals surface area contributed by atoms with Crippen LogP contribution >= 0.6 is 11.6 Å². The Morgan fingerprint density at radius 2 is 2.14 bits per heavy atom. The fraction of sp³-hybridized carbons (Fsp3) is 0.400. The molecule has 0 aliphatic carbocycles. The van der Waals surface area contributed by atoms with E-state index < -0.39 is 35.0 Å². The van der Waals surface area contributed by atoms with Gasteiger partial charge >= 0.3 is 0 Å². The highest BCUT2D eigenvalue weighted by Crippen LogP contribution is 2.46. The van der Waals surface area contributed by atoms with Crippen LogP contribution in [0.3, 0.4) is 0 Å². The summed E-state index contributed by atoms with van der Waals surface area (Å²) >= 11 is 6.01. The average Bonchev–Trinajstić information content (AvgIpc) is 3.44. The Bertz CT molecular complexity index is 1300. The van der Waals surface area contributed by atoms with Crippen LogP contribution < -0.4 is 5.32 Å². The molecular weight excluding hydrogens is 473 g/mol. The molecule has 1 aromatic carbocycles. The van der Waals surface area contributed by atoms with Crippen molar-refractivity contribution in [2.24, 2.45) is 0 Å². The number of carbonyl (C=O) groups excluding carboxylic acids is 3. The van der Waals surface area contributed by atoms with Crippen molar-refractivity contribution in [3.8, 4) is 6.07 Å². The van der Waals surface area contributed by atoms with Gasteiger partial charge in [-0.15, -0.1) is 0 Å². The molecule has 3 amide bonds. The summed E-state index contributed by atoms with van der Waals surface area (Å²) in [5.74, 6) is -1.31. The Labute approximate surface area is 206 Å². The lowest BCUT2D eigenvalue weighted by Gasteiger charge is -2.34. The van der Waals surface area contributed by atoms with Crippen LogP contribution in [0.15, 0.2) is 36.5 Å². The molecule has 1 saturated heterocycles. The number of nitriles is 1.